The van der Waals surface area contributed by atoms with Crippen LogP contribution in [0.4, 0.5) is 0 Å². The largest absolute Gasteiger partial charge is 0.310 e. The van der Waals surface area contributed by atoms with Crippen LogP contribution < -0.4 is 0 Å². The van der Waals surface area contributed by atoms with Gasteiger partial charge in [0.25, 0.3) is 0 Å². The van der Waals surface area contributed by atoms with Gasteiger partial charge in [-0.1, -0.05) is 0 Å². The van der Waals surface area contributed by atoms with E-state index >= 15 is 0 Å². The van der Waals surface area contributed by atoms with Crippen LogP contribution in [0.15, 0.2) is 4.52 Å². The molecule has 0 aromatic carbocycles. The van der Waals surface area contributed by atoms with Crippen LogP contribution in [0.2, 0.25) is 0 Å². The van der Waals surface area contributed by atoms with Gasteiger partial charge in [-0.05, 0) is 23.5 Å². The third-order valence-corrected chi connectivity index (χ3v) is 1.41. The van der Waals surface area contributed by atoms with Gasteiger partial charge in [-0.2, -0.15) is 0 Å². The molecular weight excluding hydrogens is 154 g/mol. The minimum absolute atomic E-state index is 0.694. The van der Waals surface area contributed by atoms with Crippen LogP contribution in [0.1, 0.15) is 0 Å². The maximum absolute atomic E-state index is 5.04. The van der Waals surface area contributed by atoms with Crippen molar-refractivity contribution in [3.63, 3.8) is 0 Å². The molecule has 0 aliphatic rings. The molecule has 0 fully saturated rings. The number of hydrogen-bond donors (Lipinski definition) is 0. The predicted octanol–water partition coefficient (Wildman–Crippen LogP) is 1.40. The fourth-order valence-corrected chi connectivity index (χ4v) is 0.728. The highest BCUT2D eigenvalue weighted by Crippen LogP contribution is 2.04. The topological polar surface area (TPSA) is 24.8 Å². The molecule has 0 saturated heterocycles. The maximum atomic E-state index is 5.04. The van der Waals surface area contributed by atoms with Gasteiger partial charge >= 0.3 is 0 Å². The van der Waals surface area contributed by atoms with Crippen molar-refractivity contribution in [3.8, 4) is 0 Å². The number of likely N-dealkylation sites (N-methyl/N-ethyl adjacent to an activating group) is 1. The summed E-state index contributed by atoms with van der Waals surface area (Å²) in [7, 11) is 6.97. The lowest BCUT2D eigenvalue weighted by Gasteiger charge is -2.05. The SMILES string of the molecule is CN(C)CCOP=NP. The second kappa shape index (κ2) is 6.57. The Bertz CT molecular complexity index is 86.6. The lowest BCUT2D eigenvalue weighted by atomic mass is 10.6. The summed E-state index contributed by atoms with van der Waals surface area (Å²) in [6.45, 7) is 1.69. The van der Waals surface area contributed by atoms with E-state index in [1.54, 1.807) is 0 Å². The summed E-state index contributed by atoms with van der Waals surface area (Å²) in [5.74, 6) is 0. The Morgan fingerprint density at radius 2 is 2.33 bits per heavy atom. The minimum Gasteiger partial charge on any atom is -0.310 e. The van der Waals surface area contributed by atoms with E-state index < -0.39 is 0 Å². The predicted molar refractivity (Wildman–Crippen MR) is 43.6 cm³/mol. The molecule has 9 heavy (non-hydrogen) atoms. The van der Waals surface area contributed by atoms with Crippen molar-refractivity contribution >= 4 is 18.0 Å². The molecule has 0 radical (unpaired) electrons. The van der Waals surface area contributed by atoms with Gasteiger partial charge in [-0.3, -0.25) is 0 Å². The third-order valence-electron chi connectivity index (χ3n) is 0.735. The van der Waals surface area contributed by atoms with Crippen LogP contribution in [-0.2, 0) is 4.52 Å². The lowest BCUT2D eigenvalue weighted by molar-refractivity contribution is 0.290. The molecule has 0 saturated carbocycles. The molecule has 0 rings (SSSR count). The molecule has 0 aliphatic heterocycles. The molecule has 0 heterocycles. The summed E-state index contributed by atoms with van der Waals surface area (Å²) in [6, 6.07) is 0. The van der Waals surface area contributed by atoms with Gasteiger partial charge < -0.3 is 9.42 Å². The van der Waals surface area contributed by atoms with Gasteiger partial charge in [-0.25, -0.2) is 4.52 Å². The Labute approximate surface area is 60.0 Å². The first-order valence-corrected chi connectivity index (χ1v) is 3.92. The summed E-state index contributed by atoms with van der Waals surface area (Å²) in [6.07, 6.45) is 0. The van der Waals surface area contributed by atoms with E-state index in [0.29, 0.717) is 8.60 Å². The summed E-state index contributed by atoms with van der Waals surface area (Å²) in [4.78, 5) is 2.07. The van der Waals surface area contributed by atoms with Gasteiger partial charge in [0.1, 0.15) is 0 Å². The molecule has 1 atom stereocenters. The van der Waals surface area contributed by atoms with Crippen molar-refractivity contribution in [2.45, 2.75) is 0 Å². The molecule has 0 N–H and O–H groups in total. The second-order valence-electron chi connectivity index (χ2n) is 1.83. The zero-order valence-electron chi connectivity index (χ0n) is 5.74. The molecule has 0 bridgehead atoms. The summed E-state index contributed by atoms with van der Waals surface area (Å²) >= 11 is 0. The van der Waals surface area contributed by atoms with E-state index in [1.165, 1.54) is 0 Å². The Kier molecular flexibility index (Phi) is 6.90. The van der Waals surface area contributed by atoms with Crippen molar-refractivity contribution in [3.05, 3.63) is 0 Å². The molecule has 0 aliphatic carbocycles. The Balaban J connectivity index is 2.91. The lowest BCUT2D eigenvalue weighted by Crippen LogP contribution is -2.16. The highest BCUT2D eigenvalue weighted by Gasteiger charge is 1.86. The van der Waals surface area contributed by atoms with Crippen molar-refractivity contribution in [1.29, 1.82) is 0 Å². The first-order valence-electron chi connectivity index (χ1n) is 2.64. The molecule has 54 valence electrons. The van der Waals surface area contributed by atoms with Crippen LogP contribution in [0, 0.1) is 0 Å². The normalized spacial score (nSPS) is 11.6. The Morgan fingerprint density at radius 1 is 1.67 bits per heavy atom. The molecule has 0 aromatic heterocycles. The van der Waals surface area contributed by atoms with Crippen molar-refractivity contribution in [1.82, 2.24) is 4.90 Å². The fourth-order valence-electron chi connectivity index (χ4n) is 0.298. The molecule has 3 nitrogen and oxygen atoms in total. The summed E-state index contributed by atoms with van der Waals surface area (Å²) < 4.78 is 8.72. The highest BCUT2D eigenvalue weighted by molar-refractivity contribution is 7.31. The van der Waals surface area contributed by atoms with E-state index in [9.17, 15) is 0 Å². The molecule has 1 unspecified atom stereocenters. The van der Waals surface area contributed by atoms with Crippen LogP contribution in [0.5, 0.6) is 0 Å². The zero-order chi connectivity index (χ0) is 7.11. The molecule has 0 aromatic rings. The van der Waals surface area contributed by atoms with E-state index in [2.05, 4.69) is 18.8 Å². The fraction of sp³-hybridized carbons (Fsp3) is 1.00. The van der Waals surface area contributed by atoms with Gasteiger partial charge in [0.05, 0.1) is 6.61 Å². The molecule has 5 heteroatoms. The highest BCUT2D eigenvalue weighted by atomic mass is 31.1. The van der Waals surface area contributed by atoms with E-state index in [-0.39, 0.29) is 0 Å². The average Bonchev–Trinajstić information content (AvgIpc) is 1.80. The standard InChI is InChI=1S/C4H12N2OP2/c1-6(2)3-4-7-9-5-8/h3-4,8H2,1-2H3. The second-order valence-corrected chi connectivity index (χ2v) is 3.18. The smallest absolute Gasteiger partial charge is 0.175 e. The number of rotatable bonds is 4. The van der Waals surface area contributed by atoms with Crippen molar-refractivity contribution in [2.24, 2.45) is 4.52 Å². The first kappa shape index (κ1) is 9.45. The van der Waals surface area contributed by atoms with E-state index in [4.69, 9.17) is 4.52 Å². The average molecular weight is 166 g/mol. The van der Waals surface area contributed by atoms with Gasteiger partial charge in [0, 0.05) is 6.54 Å². The number of nitrogens with zero attached hydrogens (tertiary/aromatic N) is 2. The van der Waals surface area contributed by atoms with Crippen LogP contribution in [0.25, 0.3) is 0 Å². The first-order chi connectivity index (χ1) is 4.27. The molecule has 0 amide bonds. The maximum Gasteiger partial charge on any atom is 0.175 e. The van der Waals surface area contributed by atoms with Gasteiger partial charge in [0.15, 0.2) is 8.60 Å². The molecular formula is C4H12N2OP2. The van der Waals surface area contributed by atoms with E-state index in [1.807, 2.05) is 14.1 Å². The van der Waals surface area contributed by atoms with Gasteiger partial charge in [-0.15, -0.1) is 0 Å². The van der Waals surface area contributed by atoms with Crippen molar-refractivity contribution < 1.29 is 4.52 Å². The van der Waals surface area contributed by atoms with E-state index in [0.717, 1.165) is 13.2 Å². The summed E-state index contributed by atoms with van der Waals surface area (Å²) in [5, 5.41) is 0. The quantitative estimate of drug-likeness (QED) is 0.465. The third kappa shape index (κ3) is 8.45. The van der Waals surface area contributed by atoms with Crippen molar-refractivity contribution in [2.75, 3.05) is 27.2 Å². The molecule has 0 spiro atoms. The Hall–Kier alpha value is 0.450. The zero-order valence-corrected chi connectivity index (χ0v) is 7.79. The Morgan fingerprint density at radius 3 is 2.78 bits per heavy atom. The minimum atomic E-state index is 0.694. The monoisotopic (exact) mass is 166 g/mol. The van der Waals surface area contributed by atoms with Crippen LogP contribution in [0.3, 0.4) is 0 Å². The summed E-state index contributed by atoms with van der Waals surface area (Å²) in [5.41, 5.74) is 0. The number of hydrogen-bond acceptors (Lipinski definition) is 3. The van der Waals surface area contributed by atoms with Gasteiger partial charge in [0.2, 0.25) is 0 Å². The van der Waals surface area contributed by atoms with Crippen LogP contribution >= 0.6 is 18.0 Å². The van der Waals surface area contributed by atoms with Crippen LogP contribution in [-0.4, -0.2) is 32.1 Å².